The van der Waals surface area contributed by atoms with Crippen LogP contribution >= 0.6 is 0 Å². The van der Waals surface area contributed by atoms with Gasteiger partial charge in [-0.2, -0.15) is 0 Å². The highest BCUT2D eigenvalue weighted by atomic mass is 16.5. The van der Waals surface area contributed by atoms with Crippen LogP contribution in [0.5, 0.6) is 5.75 Å². The Morgan fingerprint density at radius 1 is 1.15 bits per heavy atom. The van der Waals surface area contributed by atoms with E-state index >= 15 is 0 Å². The van der Waals surface area contributed by atoms with Gasteiger partial charge in [0.25, 0.3) is 0 Å². The molecule has 1 atom stereocenters. The smallest absolute Gasteiger partial charge is 0.121 e. The molecule has 0 aliphatic heterocycles. The minimum absolute atomic E-state index is 0.218. The van der Waals surface area contributed by atoms with Gasteiger partial charge in [0.2, 0.25) is 0 Å². The third-order valence-electron chi connectivity index (χ3n) is 3.79. The van der Waals surface area contributed by atoms with Crippen LogP contribution in [0.2, 0.25) is 0 Å². The molecule has 0 spiro atoms. The minimum Gasteiger partial charge on any atom is -0.496 e. The van der Waals surface area contributed by atoms with E-state index in [1.54, 1.807) is 7.11 Å². The van der Waals surface area contributed by atoms with Crippen LogP contribution in [0.15, 0.2) is 42.5 Å². The second-order valence-electron chi connectivity index (χ2n) is 5.00. The number of hydrogen-bond acceptors (Lipinski definition) is 2. The molecule has 1 N–H and O–H groups in total. The molecular formula is C18H23NO. The largest absolute Gasteiger partial charge is 0.496 e. The van der Waals surface area contributed by atoms with Gasteiger partial charge in [0, 0.05) is 0 Å². The first-order valence-electron chi connectivity index (χ1n) is 7.10. The summed E-state index contributed by atoms with van der Waals surface area (Å²) in [5.41, 5.74) is 5.17. The summed E-state index contributed by atoms with van der Waals surface area (Å²) in [4.78, 5) is 0. The second kappa shape index (κ2) is 6.58. The summed E-state index contributed by atoms with van der Waals surface area (Å²) >= 11 is 0. The van der Waals surface area contributed by atoms with E-state index in [2.05, 4.69) is 55.6 Å². The van der Waals surface area contributed by atoms with Crippen molar-refractivity contribution in [3.63, 3.8) is 0 Å². The molecular weight excluding hydrogens is 246 g/mol. The number of methoxy groups -OCH3 is 1. The maximum atomic E-state index is 5.34. The van der Waals surface area contributed by atoms with Gasteiger partial charge < -0.3 is 10.1 Å². The molecule has 0 saturated carbocycles. The Labute approximate surface area is 121 Å². The number of nitrogens with one attached hydrogen (secondary N) is 1. The molecule has 1 unspecified atom stereocenters. The fourth-order valence-corrected chi connectivity index (χ4v) is 2.72. The Balaban J connectivity index is 2.44. The van der Waals surface area contributed by atoms with E-state index in [-0.39, 0.29) is 6.04 Å². The van der Waals surface area contributed by atoms with Crippen molar-refractivity contribution in [1.29, 1.82) is 0 Å². The summed E-state index contributed by atoms with van der Waals surface area (Å²) in [7, 11) is 3.72. The summed E-state index contributed by atoms with van der Waals surface area (Å²) < 4.78 is 5.34. The molecule has 0 saturated heterocycles. The van der Waals surface area contributed by atoms with Crippen molar-refractivity contribution in [3.8, 4) is 5.75 Å². The molecule has 0 amide bonds. The van der Waals surface area contributed by atoms with Gasteiger partial charge in [-0.05, 0) is 48.7 Å². The van der Waals surface area contributed by atoms with Gasteiger partial charge in [-0.15, -0.1) is 0 Å². The molecule has 2 rings (SSSR count). The van der Waals surface area contributed by atoms with Gasteiger partial charge in [0.1, 0.15) is 5.75 Å². The number of hydrogen-bond donors (Lipinski definition) is 1. The van der Waals surface area contributed by atoms with Crippen LogP contribution in [0.3, 0.4) is 0 Å². The zero-order chi connectivity index (χ0) is 14.5. The summed E-state index contributed by atoms with van der Waals surface area (Å²) in [6.07, 6.45) is 1.05. The van der Waals surface area contributed by atoms with Gasteiger partial charge in [-0.25, -0.2) is 0 Å². The zero-order valence-electron chi connectivity index (χ0n) is 12.7. The molecule has 20 heavy (non-hydrogen) atoms. The van der Waals surface area contributed by atoms with Crippen LogP contribution < -0.4 is 10.1 Å². The highest BCUT2D eigenvalue weighted by molar-refractivity contribution is 5.42. The first kappa shape index (κ1) is 14.6. The first-order valence-corrected chi connectivity index (χ1v) is 7.10. The molecule has 0 aromatic heterocycles. The van der Waals surface area contributed by atoms with Gasteiger partial charge in [0.15, 0.2) is 0 Å². The third-order valence-corrected chi connectivity index (χ3v) is 3.79. The van der Waals surface area contributed by atoms with Crippen LogP contribution in [0.4, 0.5) is 0 Å². The molecule has 2 aromatic carbocycles. The van der Waals surface area contributed by atoms with Gasteiger partial charge in [-0.3, -0.25) is 0 Å². The summed E-state index contributed by atoms with van der Waals surface area (Å²) in [6.45, 7) is 4.28. The van der Waals surface area contributed by atoms with E-state index in [1.165, 1.54) is 22.3 Å². The van der Waals surface area contributed by atoms with Crippen LogP contribution in [0.1, 0.15) is 35.2 Å². The topological polar surface area (TPSA) is 21.3 Å². The first-order chi connectivity index (χ1) is 9.71. The maximum Gasteiger partial charge on any atom is 0.121 e. The molecule has 0 aliphatic carbocycles. The fraction of sp³-hybridized carbons (Fsp3) is 0.333. The molecule has 0 heterocycles. The summed E-state index contributed by atoms with van der Waals surface area (Å²) in [5, 5.41) is 3.43. The lowest BCUT2D eigenvalue weighted by Gasteiger charge is -2.21. The van der Waals surface area contributed by atoms with Gasteiger partial charge >= 0.3 is 0 Å². The average molecular weight is 269 g/mol. The highest BCUT2D eigenvalue weighted by Gasteiger charge is 2.15. The Hall–Kier alpha value is -1.80. The molecule has 0 bridgehead atoms. The van der Waals surface area contributed by atoms with Crippen LogP contribution in [0.25, 0.3) is 0 Å². The Morgan fingerprint density at radius 2 is 1.90 bits per heavy atom. The molecule has 2 nitrogen and oxygen atoms in total. The van der Waals surface area contributed by atoms with E-state index in [4.69, 9.17) is 4.74 Å². The third kappa shape index (κ3) is 2.86. The van der Waals surface area contributed by atoms with Crippen molar-refractivity contribution in [2.45, 2.75) is 26.3 Å². The monoisotopic (exact) mass is 269 g/mol. The fourth-order valence-electron chi connectivity index (χ4n) is 2.72. The van der Waals surface area contributed by atoms with Crippen LogP contribution in [-0.2, 0) is 6.42 Å². The Morgan fingerprint density at radius 3 is 2.50 bits per heavy atom. The van der Waals surface area contributed by atoms with Crippen LogP contribution in [0, 0.1) is 6.92 Å². The van der Waals surface area contributed by atoms with E-state index in [0.29, 0.717) is 0 Å². The minimum atomic E-state index is 0.218. The summed E-state index contributed by atoms with van der Waals surface area (Å²) in [5.74, 6) is 0.937. The molecule has 2 heteroatoms. The van der Waals surface area contributed by atoms with Crippen molar-refractivity contribution in [2.75, 3.05) is 14.2 Å². The van der Waals surface area contributed by atoms with Crippen molar-refractivity contribution >= 4 is 0 Å². The Bertz CT molecular complexity index is 577. The van der Waals surface area contributed by atoms with E-state index in [1.807, 2.05) is 13.1 Å². The molecule has 2 aromatic rings. The molecule has 0 aliphatic rings. The van der Waals surface area contributed by atoms with E-state index in [0.717, 1.165) is 12.2 Å². The van der Waals surface area contributed by atoms with Crippen molar-refractivity contribution < 1.29 is 4.74 Å². The number of aryl methyl sites for hydroxylation is 2. The zero-order valence-corrected chi connectivity index (χ0v) is 12.7. The van der Waals surface area contributed by atoms with E-state index < -0.39 is 0 Å². The Kier molecular flexibility index (Phi) is 4.80. The van der Waals surface area contributed by atoms with Crippen LogP contribution in [-0.4, -0.2) is 14.2 Å². The SMILES string of the molecule is CCc1ccccc1C(NC)c1ccc(OC)c(C)c1. The lowest BCUT2D eigenvalue weighted by Crippen LogP contribution is -2.19. The standard InChI is InChI=1S/C18H23NO/c1-5-14-8-6-7-9-16(14)18(19-3)15-10-11-17(20-4)13(2)12-15/h6-12,18-19H,5H2,1-4H3. The van der Waals surface area contributed by atoms with Gasteiger partial charge in [-0.1, -0.05) is 43.3 Å². The molecule has 106 valence electrons. The molecule has 0 fully saturated rings. The average Bonchev–Trinajstić information content (AvgIpc) is 2.49. The predicted molar refractivity (Wildman–Crippen MR) is 84.5 cm³/mol. The van der Waals surface area contributed by atoms with E-state index in [9.17, 15) is 0 Å². The van der Waals surface area contributed by atoms with Gasteiger partial charge in [0.05, 0.1) is 13.2 Å². The lowest BCUT2D eigenvalue weighted by molar-refractivity contribution is 0.411. The van der Waals surface area contributed by atoms with Crippen molar-refractivity contribution in [1.82, 2.24) is 5.32 Å². The number of ether oxygens (including phenoxy) is 1. The predicted octanol–water partition coefficient (Wildman–Crippen LogP) is 3.87. The summed E-state index contributed by atoms with van der Waals surface area (Å²) in [6, 6.07) is 15.2. The second-order valence-corrected chi connectivity index (χ2v) is 5.00. The quantitative estimate of drug-likeness (QED) is 0.889. The lowest BCUT2D eigenvalue weighted by atomic mass is 9.92. The normalized spacial score (nSPS) is 12.2. The maximum absolute atomic E-state index is 5.34. The molecule has 0 radical (unpaired) electrons. The number of rotatable bonds is 5. The van der Waals surface area contributed by atoms with Crippen molar-refractivity contribution in [2.24, 2.45) is 0 Å². The highest BCUT2D eigenvalue weighted by Crippen LogP contribution is 2.28. The van der Waals surface area contributed by atoms with Crippen molar-refractivity contribution in [3.05, 3.63) is 64.7 Å². The number of benzene rings is 2.